The lowest BCUT2D eigenvalue weighted by Crippen LogP contribution is -2.47. The number of rotatable bonds is 4. The zero-order chi connectivity index (χ0) is 11.2. The van der Waals surface area contributed by atoms with Crippen LogP contribution < -0.4 is 5.32 Å². The molecule has 1 aliphatic carbocycles. The molecule has 0 aromatic rings. The Bertz CT molecular complexity index is 166. The van der Waals surface area contributed by atoms with E-state index in [1.54, 1.807) is 0 Å². The van der Waals surface area contributed by atoms with Crippen LogP contribution in [0.25, 0.3) is 0 Å². The van der Waals surface area contributed by atoms with Crippen molar-refractivity contribution in [2.24, 2.45) is 0 Å². The molecule has 1 saturated heterocycles. The van der Waals surface area contributed by atoms with E-state index in [4.69, 9.17) is 4.74 Å². The summed E-state index contributed by atoms with van der Waals surface area (Å²) in [4.78, 5) is 2.52. The molecular weight excluding hydrogens is 200 g/mol. The lowest BCUT2D eigenvalue weighted by molar-refractivity contribution is 0.0336. The first-order valence-corrected chi connectivity index (χ1v) is 6.91. The van der Waals surface area contributed by atoms with Crippen molar-refractivity contribution in [2.45, 2.75) is 51.1 Å². The maximum atomic E-state index is 5.37. The highest BCUT2D eigenvalue weighted by molar-refractivity contribution is 4.77. The second kappa shape index (κ2) is 6.58. The summed E-state index contributed by atoms with van der Waals surface area (Å²) < 4.78 is 5.37. The lowest BCUT2D eigenvalue weighted by atomic mass is 9.95. The van der Waals surface area contributed by atoms with Crippen molar-refractivity contribution in [2.75, 3.05) is 32.8 Å². The van der Waals surface area contributed by atoms with Gasteiger partial charge in [0.2, 0.25) is 0 Å². The van der Waals surface area contributed by atoms with Crippen LogP contribution in [0.1, 0.15) is 39.0 Å². The molecule has 3 heteroatoms. The van der Waals surface area contributed by atoms with E-state index in [9.17, 15) is 0 Å². The summed E-state index contributed by atoms with van der Waals surface area (Å²) in [6, 6.07) is 1.41. The third-order valence-electron chi connectivity index (χ3n) is 3.76. The van der Waals surface area contributed by atoms with Crippen LogP contribution in [-0.2, 0) is 4.74 Å². The molecule has 16 heavy (non-hydrogen) atoms. The zero-order valence-corrected chi connectivity index (χ0v) is 10.6. The molecule has 1 N–H and O–H groups in total. The summed E-state index contributed by atoms with van der Waals surface area (Å²) in [5.74, 6) is 0. The van der Waals surface area contributed by atoms with E-state index in [0.29, 0.717) is 6.04 Å². The number of nitrogens with one attached hydrogen (secondary N) is 1. The minimum Gasteiger partial charge on any atom is -0.379 e. The third-order valence-corrected chi connectivity index (χ3v) is 3.76. The van der Waals surface area contributed by atoms with E-state index in [-0.39, 0.29) is 0 Å². The summed E-state index contributed by atoms with van der Waals surface area (Å²) in [5.41, 5.74) is 0. The Morgan fingerprint density at radius 2 is 1.88 bits per heavy atom. The fourth-order valence-electron chi connectivity index (χ4n) is 2.90. The van der Waals surface area contributed by atoms with Gasteiger partial charge in [-0.25, -0.2) is 0 Å². The Morgan fingerprint density at radius 1 is 1.19 bits per heavy atom. The highest BCUT2D eigenvalue weighted by atomic mass is 16.5. The van der Waals surface area contributed by atoms with E-state index >= 15 is 0 Å². The van der Waals surface area contributed by atoms with Gasteiger partial charge in [-0.1, -0.05) is 19.3 Å². The minimum absolute atomic E-state index is 0.626. The zero-order valence-electron chi connectivity index (χ0n) is 10.6. The Hall–Kier alpha value is -0.120. The molecule has 0 bridgehead atoms. The molecule has 0 aromatic carbocycles. The average molecular weight is 226 g/mol. The molecule has 3 nitrogen and oxygen atoms in total. The topological polar surface area (TPSA) is 24.5 Å². The molecule has 2 rings (SSSR count). The van der Waals surface area contributed by atoms with Gasteiger partial charge in [-0.05, 0) is 19.8 Å². The van der Waals surface area contributed by atoms with Gasteiger partial charge in [0, 0.05) is 31.7 Å². The highest BCUT2D eigenvalue weighted by Crippen LogP contribution is 2.17. The lowest BCUT2D eigenvalue weighted by Gasteiger charge is -2.32. The van der Waals surface area contributed by atoms with Gasteiger partial charge >= 0.3 is 0 Å². The van der Waals surface area contributed by atoms with Crippen molar-refractivity contribution in [3.05, 3.63) is 0 Å². The SMILES string of the molecule is CC(CN1CCOCC1)NC1CCCCC1. The Kier molecular flexibility index (Phi) is 5.07. The van der Waals surface area contributed by atoms with E-state index in [2.05, 4.69) is 17.1 Å². The quantitative estimate of drug-likeness (QED) is 0.788. The number of ether oxygens (including phenoxy) is 1. The molecule has 0 aromatic heterocycles. The number of morpholine rings is 1. The second-order valence-corrected chi connectivity index (χ2v) is 5.32. The maximum absolute atomic E-state index is 5.37. The number of hydrogen-bond donors (Lipinski definition) is 1. The second-order valence-electron chi connectivity index (χ2n) is 5.32. The monoisotopic (exact) mass is 226 g/mol. The predicted octanol–water partition coefficient (Wildman–Crippen LogP) is 1.63. The van der Waals surface area contributed by atoms with Gasteiger partial charge < -0.3 is 10.1 Å². The first kappa shape index (κ1) is 12.3. The van der Waals surface area contributed by atoms with E-state index in [1.165, 1.54) is 38.6 Å². The van der Waals surface area contributed by atoms with Gasteiger partial charge in [0.05, 0.1) is 13.2 Å². The third kappa shape index (κ3) is 4.04. The van der Waals surface area contributed by atoms with Crippen LogP contribution in [0, 0.1) is 0 Å². The summed E-state index contributed by atoms with van der Waals surface area (Å²) in [6.07, 6.45) is 7.04. The maximum Gasteiger partial charge on any atom is 0.0594 e. The summed E-state index contributed by atoms with van der Waals surface area (Å²) >= 11 is 0. The van der Waals surface area contributed by atoms with Crippen molar-refractivity contribution >= 4 is 0 Å². The van der Waals surface area contributed by atoms with Gasteiger partial charge in [0.1, 0.15) is 0 Å². The number of hydrogen-bond acceptors (Lipinski definition) is 3. The molecule has 0 amide bonds. The van der Waals surface area contributed by atoms with Crippen LogP contribution in [-0.4, -0.2) is 49.8 Å². The van der Waals surface area contributed by atoms with Crippen LogP contribution in [0.15, 0.2) is 0 Å². The van der Waals surface area contributed by atoms with E-state index < -0.39 is 0 Å². The van der Waals surface area contributed by atoms with Crippen molar-refractivity contribution in [1.82, 2.24) is 10.2 Å². The van der Waals surface area contributed by atoms with Crippen LogP contribution in [0.5, 0.6) is 0 Å². The molecule has 2 aliphatic rings. The largest absolute Gasteiger partial charge is 0.379 e. The van der Waals surface area contributed by atoms with E-state index in [1.807, 2.05) is 0 Å². The first-order valence-electron chi connectivity index (χ1n) is 6.91. The Morgan fingerprint density at radius 3 is 2.56 bits per heavy atom. The molecule has 1 heterocycles. The van der Waals surface area contributed by atoms with Crippen LogP contribution >= 0.6 is 0 Å². The van der Waals surface area contributed by atoms with Crippen LogP contribution in [0.3, 0.4) is 0 Å². The predicted molar refractivity (Wildman–Crippen MR) is 66.7 cm³/mol. The fraction of sp³-hybridized carbons (Fsp3) is 1.00. The molecule has 1 saturated carbocycles. The van der Waals surface area contributed by atoms with Crippen molar-refractivity contribution in [3.8, 4) is 0 Å². The van der Waals surface area contributed by atoms with Gasteiger partial charge in [0.25, 0.3) is 0 Å². The van der Waals surface area contributed by atoms with Crippen LogP contribution in [0.2, 0.25) is 0 Å². The Labute approximate surface area is 99.5 Å². The molecule has 0 spiro atoms. The summed E-state index contributed by atoms with van der Waals surface area (Å²) in [7, 11) is 0. The summed E-state index contributed by atoms with van der Waals surface area (Å²) in [5, 5.41) is 3.78. The molecule has 2 fully saturated rings. The highest BCUT2D eigenvalue weighted by Gasteiger charge is 2.18. The van der Waals surface area contributed by atoms with Gasteiger partial charge in [-0.15, -0.1) is 0 Å². The van der Waals surface area contributed by atoms with Crippen molar-refractivity contribution in [1.29, 1.82) is 0 Å². The number of nitrogens with zero attached hydrogens (tertiary/aromatic N) is 1. The average Bonchev–Trinajstić information content (AvgIpc) is 2.31. The molecule has 1 unspecified atom stereocenters. The van der Waals surface area contributed by atoms with Crippen LogP contribution in [0.4, 0.5) is 0 Å². The normalized spacial score (nSPS) is 26.8. The molecule has 0 radical (unpaired) electrons. The fourth-order valence-corrected chi connectivity index (χ4v) is 2.90. The van der Waals surface area contributed by atoms with Gasteiger partial charge in [-0.3, -0.25) is 4.90 Å². The standard InChI is InChI=1S/C13H26N2O/c1-12(11-15-7-9-16-10-8-15)14-13-5-3-2-4-6-13/h12-14H,2-11H2,1H3. The first-order chi connectivity index (χ1) is 7.84. The van der Waals surface area contributed by atoms with Crippen molar-refractivity contribution < 1.29 is 4.74 Å². The summed E-state index contributed by atoms with van der Waals surface area (Å²) in [6.45, 7) is 7.55. The molecule has 1 atom stereocenters. The minimum atomic E-state index is 0.626. The van der Waals surface area contributed by atoms with Gasteiger partial charge in [0.15, 0.2) is 0 Å². The van der Waals surface area contributed by atoms with E-state index in [0.717, 1.165) is 32.3 Å². The van der Waals surface area contributed by atoms with Crippen molar-refractivity contribution in [3.63, 3.8) is 0 Å². The Balaban J connectivity index is 1.64. The smallest absolute Gasteiger partial charge is 0.0594 e. The molecule has 94 valence electrons. The molecule has 1 aliphatic heterocycles. The molecular formula is C13H26N2O. The van der Waals surface area contributed by atoms with Gasteiger partial charge in [-0.2, -0.15) is 0 Å².